The maximum atomic E-state index is 13.8. The average Bonchev–Trinajstić information content (AvgIpc) is 2.74. The number of hydrogen-bond donors (Lipinski definition) is 1. The Kier molecular flexibility index (Phi) is 10.7. The van der Waals surface area contributed by atoms with Crippen LogP contribution in [0, 0.1) is 5.82 Å². The number of aldehydes is 1. The van der Waals surface area contributed by atoms with Gasteiger partial charge in [-0.05, 0) is 42.9 Å². The fraction of sp³-hybridized carbons (Fsp3) is 0.381. The number of rotatable bonds is 6. The number of halogens is 4. The van der Waals surface area contributed by atoms with Crippen LogP contribution in [-0.2, 0) is 6.54 Å². The van der Waals surface area contributed by atoms with Crippen molar-refractivity contribution < 1.29 is 9.18 Å². The highest BCUT2D eigenvalue weighted by molar-refractivity contribution is 7.97. The van der Waals surface area contributed by atoms with Gasteiger partial charge in [-0.15, -0.1) is 0 Å². The lowest BCUT2D eigenvalue weighted by atomic mass is 10.1. The molecule has 9 heteroatoms. The minimum Gasteiger partial charge on any atom is -0.369 e. The van der Waals surface area contributed by atoms with Crippen LogP contribution in [0.2, 0.25) is 15.1 Å². The van der Waals surface area contributed by atoms with Gasteiger partial charge >= 0.3 is 0 Å². The van der Waals surface area contributed by atoms with E-state index in [1.807, 2.05) is 19.2 Å². The summed E-state index contributed by atoms with van der Waals surface area (Å²) in [6.45, 7) is 5.93. The average molecular weight is 493 g/mol. The quantitative estimate of drug-likeness (QED) is 0.408. The fourth-order valence-corrected chi connectivity index (χ4v) is 3.86. The monoisotopic (exact) mass is 491 g/mol. The minimum absolute atomic E-state index is 0.0156. The van der Waals surface area contributed by atoms with E-state index in [1.54, 1.807) is 18.0 Å². The van der Waals surface area contributed by atoms with Crippen molar-refractivity contribution in [2.24, 2.45) is 0 Å². The second-order valence-electron chi connectivity index (χ2n) is 6.58. The molecule has 3 rings (SSSR count). The first-order chi connectivity index (χ1) is 14.4. The first kappa shape index (κ1) is 25.2. The van der Waals surface area contributed by atoms with Gasteiger partial charge in [0.15, 0.2) is 6.29 Å². The standard InChI is InChI=1S/C18H16Cl3FN2O.C3H9NS/c19-15-2-1-14(9-17(15)21)24-5-3-23(4-6-24)10-12-8-18(22)13(11-25)7-16(12)20;1-3-5-4-2/h1-2,7-9,11H,3-6,10H2;4H,3H2,1-2H3. The Labute approximate surface area is 196 Å². The van der Waals surface area contributed by atoms with Crippen LogP contribution in [0.3, 0.4) is 0 Å². The Morgan fingerprint density at radius 2 is 1.77 bits per heavy atom. The van der Waals surface area contributed by atoms with Crippen molar-refractivity contribution in [2.75, 3.05) is 43.9 Å². The van der Waals surface area contributed by atoms with Crippen LogP contribution in [0.15, 0.2) is 30.3 Å². The third-order valence-electron chi connectivity index (χ3n) is 4.62. The summed E-state index contributed by atoms with van der Waals surface area (Å²) in [6, 6.07) is 8.34. The first-order valence-electron chi connectivity index (χ1n) is 9.53. The molecule has 0 radical (unpaired) electrons. The third kappa shape index (κ3) is 7.29. The second kappa shape index (κ2) is 12.7. The number of carbonyl (C=O) groups is 1. The Bertz CT molecular complexity index is 846. The summed E-state index contributed by atoms with van der Waals surface area (Å²) in [4.78, 5) is 15.2. The van der Waals surface area contributed by atoms with Crippen molar-refractivity contribution in [3.63, 3.8) is 0 Å². The lowest BCUT2D eigenvalue weighted by Crippen LogP contribution is -2.46. The molecule has 0 saturated carbocycles. The number of nitrogens with zero attached hydrogens (tertiary/aromatic N) is 2. The number of benzene rings is 2. The van der Waals surface area contributed by atoms with Crippen LogP contribution >= 0.6 is 46.8 Å². The second-order valence-corrected chi connectivity index (χ2v) is 9.08. The Morgan fingerprint density at radius 3 is 2.30 bits per heavy atom. The normalized spacial score (nSPS) is 14.3. The molecule has 1 heterocycles. The fourth-order valence-electron chi connectivity index (χ4n) is 3.05. The van der Waals surface area contributed by atoms with Crippen LogP contribution in [0.4, 0.5) is 10.1 Å². The summed E-state index contributed by atoms with van der Waals surface area (Å²) in [5, 5.41) is 1.49. The van der Waals surface area contributed by atoms with Crippen molar-refractivity contribution in [1.82, 2.24) is 9.62 Å². The molecule has 0 spiro atoms. The zero-order valence-corrected chi connectivity index (χ0v) is 20.0. The van der Waals surface area contributed by atoms with E-state index in [4.69, 9.17) is 34.8 Å². The maximum Gasteiger partial charge on any atom is 0.153 e. The van der Waals surface area contributed by atoms with Crippen LogP contribution in [0.1, 0.15) is 22.8 Å². The molecule has 1 aliphatic heterocycles. The van der Waals surface area contributed by atoms with E-state index in [1.165, 1.54) is 12.1 Å². The molecular formula is C21H25Cl3FN3OS. The van der Waals surface area contributed by atoms with E-state index < -0.39 is 5.82 Å². The SMILES string of the molecule is CCSNC.O=Cc1cc(Cl)c(CN2CCN(c3ccc(Cl)c(Cl)c3)CC2)cc1F. The molecule has 0 atom stereocenters. The topological polar surface area (TPSA) is 35.6 Å². The molecule has 1 aliphatic rings. The van der Waals surface area contributed by atoms with Crippen molar-refractivity contribution in [3.05, 3.63) is 62.3 Å². The Morgan fingerprint density at radius 1 is 1.07 bits per heavy atom. The molecule has 30 heavy (non-hydrogen) atoms. The summed E-state index contributed by atoms with van der Waals surface area (Å²) in [7, 11) is 1.92. The molecule has 4 nitrogen and oxygen atoms in total. The van der Waals surface area contributed by atoms with E-state index >= 15 is 0 Å². The summed E-state index contributed by atoms with van der Waals surface area (Å²) in [6.07, 6.45) is 0.473. The number of anilines is 1. The van der Waals surface area contributed by atoms with Gasteiger partial charge in [0.05, 0.1) is 15.6 Å². The molecule has 164 valence electrons. The van der Waals surface area contributed by atoms with Crippen molar-refractivity contribution in [1.29, 1.82) is 0 Å². The first-order valence-corrected chi connectivity index (χ1v) is 11.7. The lowest BCUT2D eigenvalue weighted by molar-refractivity contribution is 0.111. The van der Waals surface area contributed by atoms with Gasteiger partial charge in [-0.25, -0.2) is 4.39 Å². The molecule has 0 unspecified atom stereocenters. The highest BCUT2D eigenvalue weighted by atomic mass is 35.5. The van der Waals surface area contributed by atoms with Crippen LogP contribution < -0.4 is 9.62 Å². The van der Waals surface area contributed by atoms with Crippen LogP contribution in [-0.4, -0.2) is 50.2 Å². The molecule has 2 aromatic carbocycles. The third-order valence-corrected chi connectivity index (χ3v) is 6.28. The van der Waals surface area contributed by atoms with E-state index in [-0.39, 0.29) is 5.56 Å². The lowest BCUT2D eigenvalue weighted by Gasteiger charge is -2.36. The zero-order chi connectivity index (χ0) is 22.1. The molecule has 0 bridgehead atoms. The van der Waals surface area contributed by atoms with Crippen molar-refractivity contribution >= 4 is 58.7 Å². The molecule has 1 N–H and O–H groups in total. The Hall–Kier alpha value is -1.02. The molecule has 2 aromatic rings. The van der Waals surface area contributed by atoms with E-state index in [9.17, 15) is 9.18 Å². The largest absolute Gasteiger partial charge is 0.369 e. The van der Waals surface area contributed by atoms with E-state index in [0.29, 0.717) is 33.5 Å². The van der Waals surface area contributed by atoms with Gasteiger partial charge in [-0.3, -0.25) is 14.4 Å². The predicted molar refractivity (Wildman–Crippen MR) is 128 cm³/mol. The minimum atomic E-state index is -0.538. The summed E-state index contributed by atoms with van der Waals surface area (Å²) in [5.74, 6) is 0.611. The van der Waals surface area contributed by atoms with Crippen molar-refractivity contribution in [3.8, 4) is 0 Å². The van der Waals surface area contributed by atoms with Crippen molar-refractivity contribution in [2.45, 2.75) is 13.5 Å². The zero-order valence-electron chi connectivity index (χ0n) is 16.9. The van der Waals surface area contributed by atoms with Crippen LogP contribution in [0.25, 0.3) is 0 Å². The smallest absolute Gasteiger partial charge is 0.153 e. The van der Waals surface area contributed by atoms with Gasteiger partial charge in [-0.2, -0.15) is 0 Å². The Balaban J connectivity index is 0.000000575. The number of carbonyl (C=O) groups excluding carboxylic acids is 1. The van der Waals surface area contributed by atoms with Gasteiger partial charge in [0.25, 0.3) is 0 Å². The highest BCUT2D eigenvalue weighted by Gasteiger charge is 2.19. The molecular weight excluding hydrogens is 468 g/mol. The molecule has 0 amide bonds. The van der Waals surface area contributed by atoms with Gasteiger partial charge in [0, 0.05) is 49.2 Å². The molecule has 1 fully saturated rings. The predicted octanol–water partition coefficient (Wildman–Crippen LogP) is 5.79. The molecule has 0 aromatic heterocycles. The number of nitrogens with one attached hydrogen (secondary N) is 1. The van der Waals surface area contributed by atoms with Crippen LogP contribution in [0.5, 0.6) is 0 Å². The number of piperazine rings is 1. The van der Waals surface area contributed by atoms with E-state index in [0.717, 1.165) is 37.6 Å². The van der Waals surface area contributed by atoms with Gasteiger partial charge in [0.1, 0.15) is 5.82 Å². The molecule has 1 saturated heterocycles. The summed E-state index contributed by atoms with van der Waals surface area (Å²) >= 11 is 19.9. The number of hydrogen-bond acceptors (Lipinski definition) is 5. The van der Waals surface area contributed by atoms with Gasteiger partial charge in [0.2, 0.25) is 0 Å². The summed E-state index contributed by atoms with van der Waals surface area (Å²) < 4.78 is 16.7. The highest BCUT2D eigenvalue weighted by Crippen LogP contribution is 2.28. The van der Waals surface area contributed by atoms with Gasteiger partial charge < -0.3 is 4.90 Å². The summed E-state index contributed by atoms with van der Waals surface area (Å²) in [5.41, 5.74) is 1.71. The van der Waals surface area contributed by atoms with Gasteiger partial charge in [-0.1, -0.05) is 53.7 Å². The van der Waals surface area contributed by atoms with E-state index in [2.05, 4.69) is 21.4 Å². The molecule has 0 aliphatic carbocycles. The maximum absolute atomic E-state index is 13.8.